The highest BCUT2D eigenvalue weighted by Crippen LogP contribution is 2.27. The van der Waals surface area contributed by atoms with Crippen molar-refractivity contribution in [3.63, 3.8) is 0 Å². The monoisotopic (exact) mass is 643 g/mol. The van der Waals surface area contributed by atoms with Crippen molar-refractivity contribution in [1.29, 1.82) is 0 Å². The van der Waals surface area contributed by atoms with Crippen molar-refractivity contribution in [2.24, 2.45) is 5.73 Å². The number of likely N-dealkylation sites (tertiary alicyclic amines) is 1. The van der Waals surface area contributed by atoms with Gasteiger partial charge < -0.3 is 26.0 Å². The first-order valence-corrected chi connectivity index (χ1v) is 14.4. The van der Waals surface area contributed by atoms with E-state index < -0.39 is 35.7 Å². The van der Waals surface area contributed by atoms with Crippen molar-refractivity contribution < 1.29 is 23.9 Å². The molecule has 0 unspecified atom stereocenters. The molecule has 5 amide bonds. The number of carbonyl (C=O) groups excluding carboxylic acids is 4. The van der Waals surface area contributed by atoms with Crippen LogP contribution >= 0.6 is 23.2 Å². The van der Waals surface area contributed by atoms with Crippen molar-refractivity contribution in [2.45, 2.75) is 38.4 Å². The van der Waals surface area contributed by atoms with Crippen LogP contribution in [0.15, 0.2) is 59.5 Å². The predicted molar refractivity (Wildman–Crippen MR) is 165 cm³/mol. The lowest BCUT2D eigenvalue weighted by molar-refractivity contribution is -0.143. The third-order valence-corrected chi connectivity index (χ3v) is 7.83. The summed E-state index contributed by atoms with van der Waals surface area (Å²) in [6.45, 7) is 2.20. The maximum absolute atomic E-state index is 13.1. The number of primary amides is 1. The fraction of sp³-hybridized carbons (Fsp3) is 0.310. The number of benzene rings is 2. The number of aromatic nitrogens is 2. The molecule has 232 valence electrons. The Morgan fingerprint density at radius 1 is 1.07 bits per heavy atom. The van der Waals surface area contributed by atoms with E-state index in [0.717, 1.165) is 17.2 Å². The molecule has 4 N–H and O–H groups in total. The number of esters is 1. The number of methoxy groups -OCH3 is 1. The number of nitrogens with one attached hydrogen (secondary N) is 2. The minimum atomic E-state index is -1.22. The Bertz CT molecular complexity index is 1600. The van der Waals surface area contributed by atoms with Gasteiger partial charge in [0.15, 0.2) is 0 Å². The number of halogens is 2. The number of amides is 5. The second kappa shape index (κ2) is 14.2. The second-order valence-electron chi connectivity index (χ2n) is 10.0. The smallest absolute Gasteiger partial charge is 0.349 e. The van der Waals surface area contributed by atoms with Crippen molar-refractivity contribution in [3.8, 4) is 0 Å². The second-order valence-corrected chi connectivity index (χ2v) is 10.9. The maximum Gasteiger partial charge on any atom is 0.349 e. The van der Waals surface area contributed by atoms with E-state index in [4.69, 9.17) is 33.7 Å². The molecular weight excluding hydrogens is 613 g/mol. The van der Waals surface area contributed by atoms with Gasteiger partial charge in [0.25, 0.3) is 5.91 Å². The molecule has 1 aliphatic heterocycles. The minimum Gasteiger partial charge on any atom is -0.467 e. The largest absolute Gasteiger partial charge is 0.467 e. The number of aryl methyl sites for hydroxylation is 1. The first-order valence-electron chi connectivity index (χ1n) is 13.6. The highest BCUT2D eigenvalue weighted by molar-refractivity contribution is 6.40. The third-order valence-electron chi connectivity index (χ3n) is 7.20. The SMILES string of the molecule is COC(=O)[C@H](Cn1ccc(NC(=O)c2c(Cl)cccc2Cl)nc1=O)NC(=O)N1CCC(N(C(N)=O)c2ccccc2C)CC1. The molecule has 1 aliphatic rings. The molecule has 0 radical (unpaired) electrons. The molecule has 2 heterocycles. The zero-order valence-corrected chi connectivity index (χ0v) is 25.5. The number of nitrogens with zero attached hydrogens (tertiary/aromatic N) is 4. The maximum atomic E-state index is 13.1. The van der Waals surface area contributed by atoms with Crippen LogP contribution in [0, 0.1) is 6.92 Å². The Labute approximate surface area is 262 Å². The van der Waals surface area contributed by atoms with Crippen LogP contribution in [0.3, 0.4) is 0 Å². The van der Waals surface area contributed by atoms with Crippen LogP contribution in [-0.4, -0.2) is 70.7 Å². The highest BCUT2D eigenvalue weighted by atomic mass is 35.5. The predicted octanol–water partition coefficient (Wildman–Crippen LogP) is 3.41. The lowest BCUT2D eigenvalue weighted by atomic mass is 10.0. The lowest BCUT2D eigenvalue weighted by Crippen LogP contribution is -2.55. The zero-order chi connectivity index (χ0) is 32.0. The van der Waals surface area contributed by atoms with Gasteiger partial charge in [-0.25, -0.2) is 19.2 Å². The summed E-state index contributed by atoms with van der Waals surface area (Å²) in [7, 11) is 1.16. The zero-order valence-electron chi connectivity index (χ0n) is 24.0. The summed E-state index contributed by atoms with van der Waals surface area (Å²) in [4.78, 5) is 70.3. The molecule has 4 rings (SSSR count). The van der Waals surface area contributed by atoms with E-state index in [1.165, 1.54) is 29.3 Å². The molecule has 15 heteroatoms. The van der Waals surface area contributed by atoms with Gasteiger partial charge in [0.1, 0.15) is 11.9 Å². The van der Waals surface area contributed by atoms with E-state index in [-0.39, 0.29) is 34.0 Å². The first-order chi connectivity index (χ1) is 21.0. The summed E-state index contributed by atoms with van der Waals surface area (Å²) in [6, 6.07) is 10.8. The molecule has 0 saturated carbocycles. The van der Waals surface area contributed by atoms with Crippen LogP contribution in [0.1, 0.15) is 28.8 Å². The normalized spacial score (nSPS) is 14.0. The summed E-state index contributed by atoms with van der Waals surface area (Å²) in [6.07, 6.45) is 2.24. The average molecular weight is 645 g/mol. The van der Waals surface area contributed by atoms with Gasteiger partial charge in [-0.05, 0) is 49.6 Å². The molecule has 44 heavy (non-hydrogen) atoms. The van der Waals surface area contributed by atoms with Crippen molar-refractivity contribution >= 4 is 58.6 Å². The van der Waals surface area contributed by atoms with Crippen LogP contribution in [0.5, 0.6) is 0 Å². The van der Waals surface area contributed by atoms with Gasteiger partial charge >= 0.3 is 23.7 Å². The van der Waals surface area contributed by atoms with E-state index >= 15 is 0 Å². The number of hydrogen-bond donors (Lipinski definition) is 3. The molecule has 1 fully saturated rings. The fourth-order valence-corrected chi connectivity index (χ4v) is 5.51. The van der Waals surface area contributed by atoms with Gasteiger partial charge in [0.05, 0.1) is 29.3 Å². The average Bonchev–Trinajstić information content (AvgIpc) is 2.98. The Morgan fingerprint density at radius 2 is 1.73 bits per heavy atom. The first kappa shape index (κ1) is 32.3. The molecule has 1 saturated heterocycles. The number of ether oxygens (including phenoxy) is 1. The molecule has 3 aromatic rings. The Balaban J connectivity index is 1.40. The third kappa shape index (κ3) is 7.47. The van der Waals surface area contributed by atoms with Gasteiger partial charge in [-0.2, -0.15) is 4.98 Å². The highest BCUT2D eigenvalue weighted by Gasteiger charge is 2.32. The van der Waals surface area contributed by atoms with Gasteiger partial charge in [-0.3, -0.25) is 14.3 Å². The van der Waals surface area contributed by atoms with Crippen molar-refractivity contribution in [1.82, 2.24) is 19.8 Å². The topological polar surface area (TPSA) is 169 Å². The quantitative estimate of drug-likeness (QED) is 0.316. The van der Waals surface area contributed by atoms with E-state index in [2.05, 4.69) is 15.6 Å². The lowest BCUT2D eigenvalue weighted by Gasteiger charge is -2.38. The molecule has 0 spiro atoms. The molecule has 13 nitrogen and oxygen atoms in total. The van der Waals surface area contributed by atoms with Crippen molar-refractivity contribution in [3.05, 3.63) is 86.4 Å². The number of nitrogens with two attached hydrogens (primary N) is 1. The van der Waals surface area contributed by atoms with Crippen molar-refractivity contribution in [2.75, 3.05) is 30.4 Å². The fourth-order valence-electron chi connectivity index (χ4n) is 4.95. The van der Waals surface area contributed by atoms with Gasteiger partial charge in [-0.15, -0.1) is 0 Å². The van der Waals surface area contributed by atoms with Crippen LogP contribution < -0.4 is 27.0 Å². The summed E-state index contributed by atoms with van der Waals surface area (Å²) in [5.41, 5.74) is 6.56. The number of rotatable bonds is 8. The van der Waals surface area contributed by atoms with Gasteiger partial charge in [0.2, 0.25) is 0 Å². The van der Waals surface area contributed by atoms with E-state index in [1.54, 1.807) is 11.0 Å². The van der Waals surface area contributed by atoms with Crippen LogP contribution in [0.25, 0.3) is 0 Å². The van der Waals surface area contributed by atoms with Gasteiger partial charge in [-0.1, -0.05) is 47.5 Å². The summed E-state index contributed by atoms with van der Waals surface area (Å²) < 4.78 is 5.94. The minimum absolute atomic E-state index is 0.0248. The number of urea groups is 2. The van der Waals surface area contributed by atoms with E-state index in [1.807, 2.05) is 31.2 Å². The number of carbonyl (C=O) groups is 4. The molecule has 1 aromatic heterocycles. The van der Waals surface area contributed by atoms with Gasteiger partial charge in [0, 0.05) is 31.0 Å². The molecule has 0 aliphatic carbocycles. The standard InChI is InChI=1S/C29H31Cl2N7O6/c1-17-6-3-4-9-22(17)38(27(32)41)18-10-13-36(14-11-18)28(42)33-21(26(40)44-2)16-37-15-12-23(35-29(37)43)34-25(39)24-19(30)7-5-8-20(24)31/h3-9,12,15,18,21H,10-11,13-14,16H2,1-2H3,(H2,32,41)(H,33,42)(H,34,35,39,43)/t21-/m0/s1. The number of para-hydroxylation sites is 1. The molecule has 1 atom stereocenters. The summed E-state index contributed by atoms with van der Waals surface area (Å²) in [5, 5.41) is 5.34. The Morgan fingerprint density at radius 3 is 2.32 bits per heavy atom. The number of piperidine rings is 1. The molecular formula is C29H31Cl2N7O6. The van der Waals surface area contributed by atoms with E-state index in [0.29, 0.717) is 31.6 Å². The summed E-state index contributed by atoms with van der Waals surface area (Å²) >= 11 is 12.2. The number of anilines is 2. The Hall–Kier alpha value is -4.62. The van der Waals surface area contributed by atoms with Crippen LogP contribution in [0.2, 0.25) is 10.0 Å². The molecule has 2 aromatic carbocycles. The molecule has 0 bridgehead atoms. The van der Waals surface area contributed by atoms with Crippen LogP contribution in [0.4, 0.5) is 21.1 Å². The summed E-state index contributed by atoms with van der Waals surface area (Å²) in [5.74, 6) is -1.50. The van der Waals surface area contributed by atoms with Crippen LogP contribution in [-0.2, 0) is 16.1 Å². The Kier molecular flexibility index (Phi) is 10.4. The van der Waals surface area contributed by atoms with E-state index in [9.17, 15) is 24.0 Å². The number of hydrogen-bond acceptors (Lipinski definition) is 7.